The molecule has 0 bridgehead atoms. The third-order valence-corrected chi connectivity index (χ3v) is 5.76. The predicted octanol–water partition coefficient (Wildman–Crippen LogP) is 0.196. The SMILES string of the molecule is CC(C)NC(=O)CNS(=O)(=O)CCC(=O)N1C[C@@H](N)[C@H](c2ccccc2)C1.Cl. The lowest BCUT2D eigenvalue weighted by atomic mass is 9.95. The zero-order valence-electron chi connectivity index (χ0n) is 16.1. The number of rotatable bonds is 8. The van der Waals surface area contributed by atoms with Crippen molar-refractivity contribution in [3.8, 4) is 0 Å². The Morgan fingerprint density at radius 1 is 1.21 bits per heavy atom. The fraction of sp³-hybridized carbons (Fsp3) is 0.556. The van der Waals surface area contributed by atoms with E-state index in [-0.39, 0.29) is 55.0 Å². The van der Waals surface area contributed by atoms with Gasteiger partial charge in [-0.15, -0.1) is 12.4 Å². The summed E-state index contributed by atoms with van der Waals surface area (Å²) in [4.78, 5) is 25.5. The van der Waals surface area contributed by atoms with Crippen LogP contribution in [0.4, 0.5) is 0 Å². The highest BCUT2D eigenvalue weighted by Gasteiger charge is 2.34. The van der Waals surface area contributed by atoms with Gasteiger partial charge in [0.05, 0.1) is 12.3 Å². The topological polar surface area (TPSA) is 122 Å². The molecule has 158 valence electrons. The van der Waals surface area contributed by atoms with Crippen molar-refractivity contribution >= 4 is 34.2 Å². The maximum atomic E-state index is 12.4. The van der Waals surface area contributed by atoms with Crippen LogP contribution in [0.3, 0.4) is 0 Å². The van der Waals surface area contributed by atoms with Gasteiger partial charge in [0.2, 0.25) is 21.8 Å². The maximum absolute atomic E-state index is 12.4. The molecule has 10 heteroatoms. The second-order valence-electron chi connectivity index (χ2n) is 7.09. The highest BCUT2D eigenvalue weighted by molar-refractivity contribution is 7.89. The number of nitrogens with zero attached hydrogens (tertiary/aromatic N) is 1. The largest absolute Gasteiger partial charge is 0.353 e. The fourth-order valence-electron chi connectivity index (χ4n) is 3.09. The summed E-state index contributed by atoms with van der Waals surface area (Å²) in [6, 6.07) is 9.50. The summed E-state index contributed by atoms with van der Waals surface area (Å²) >= 11 is 0. The lowest BCUT2D eigenvalue weighted by Gasteiger charge is -2.16. The van der Waals surface area contributed by atoms with Gasteiger partial charge in [0.15, 0.2) is 0 Å². The van der Waals surface area contributed by atoms with Gasteiger partial charge in [0, 0.05) is 37.5 Å². The molecule has 28 heavy (non-hydrogen) atoms. The summed E-state index contributed by atoms with van der Waals surface area (Å²) in [6.07, 6.45) is -0.143. The molecule has 0 saturated carbocycles. The first kappa shape index (κ1) is 24.4. The third-order valence-electron chi connectivity index (χ3n) is 4.43. The summed E-state index contributed by atoms with van der Waals surface area (Å²) < 4.78 is 26.2. The number of carbonyl (C=O) groups is 2. The first-order valence-electron chi connectivity index (χ1n) is 9.03. The summed E-state index contributed by atoms with van der Waals surface area (Å²) in [5, 5.41) is 2.60. The van der Waals surface area contributed by atoms with E-state index in [9.17, 15) is 18.0 Å². The number of sulfonamides is 1. The van der Waals surface area contributed by atoms with E-state index in [0.717, 1.165) is 5.56 Å². The number of hydrogen-bond donors (Lipinski definition) is 3. The number of nitrogens with one attached hydrogen (secondary N) is 2. The van der Waals surface area contributed by atoms with E-state index in [0.29, 0.717) is 13.1 Å². The van der Waals surface area contributed by atoms with E-state index in [1.807, 2.05) is 30.3 Å². The first-order valence-corrected chi connectivity index (χ1v) is 10.7. The van der Waals surface area contributed by atoms with Gasteiger partial charge < -0.3 is 16.0 Å². The van der Waals surface area contributed by atoms with Crippen LogP contribution in [0.5, 0.6) is 0 Å². The molecule has 0 aliphatic carbocycles. The maximum Gasteiger partial charge on any atom is 0.235 e. The highest BCUT2D eigenvalue weighted by Crippen LogP contribution is 2.26. The van der Waals surface area contributed by atoms with Gasteiger partial charge in [-0.05, 0) is 19.4 Å². The van der Waals surface area contributed by atoms with E-state index in [1.165, 1.54) is 0 Å². The molecule has 1 aromatic rings. The summed E-state index contributed by atoms with van der Waals surface area (Å²) in [5.41, 5.74) is 7.25. The van der Waals surface area contributed by atoms with Gasteiger partial charge in [-0.2, -0.15) is 0 Å². The molecule has 2 atom stereocenters. The van der Waals surface area contributed by atoms with Gasteiger partial charge in [0.1, 0.15) is 0 Å². The molecule has 8 nitrogen and oxygen atoms in total. The van der Waals surface area contributed by atoms with Crippen molar-refractivity contribution in [3.63, 3.8) is 0 Å². The number of nitrogens with two attached hydrogens (primary N) is 1. The Morgan fingerprint density at radius 3 is 2.46 bits per heavy atom. The van der Waals surface area contributed by atoms with Crippen LogP contribution in [0.15, 0.2) is 30.3 Å². The van der Waals surface area contributed by atoms with Crippen molar-refractivity contribution in [2.45, 2.75) is 38.3 Å². The summed E-state index contributed by atoms with van der Waals surface area (Å²) in [6.45, 7) is 4.12. The van der Waals surface area contributed by atoms with Gasteiger partial charge in [-0.3, -0.25) is 9.59 Å². The molecule has 0 radical (unpaired) electrons. The van der Waals surface area contributed by atoms with E-state index in [1.54, 1.807) is 18.7 Å². The second-order valence-corrected chi connectivity index (χ2v) is 9.02. The second kappa shape index (κ2) is 10.8. The third kappa shape index (κ3) is 7.38. The molecule has 2 rings (SSSR count). The van der Waals surface area contributed by atoms with Crippen LogP contribution in [0.25, 0.3) is 0 Å². The van der Waals surface area contributed by atoms with E-state index in [4.69, 9.17) is 5.73 Å². The van der Waals surface area contributed by atoms with Crippen LogP contribution < -0.4 is 15.8 Å². The number of halogens is 1. The Labute approximate surface area is 172 Å². The molecule has 2 amide bonds. The highest BCUT2D eigenvalue weighted by atomic mass is 35.5. The minimum Gasteiger partial charge on any atom is -0.353 e. The van der Waals surface area contributed by atoms with E-state index >= 15 is 0 Å². The van der Waals surface area contributed by atoms with Crippen molar-refractivity contribution in [1.82, 2.24) is 14.9 Å². The van der Waals surface area contributed by atoms with Crippen molar-refractivity contribution in [2.24, 2.45) is 5.73 Å². The predicted molar refractivity (Wildman–Crippen MR) is 111 cm³/mol. The molecule has 0 spiro atoms. The van der Waals surface area contributed by atoms with Crippen LogP contribution in [0.2, 0.25) is 0 Å². The van der Waals surface area contributed by atoms with Gasteiger partial charge in [-0.25, -0.2) is 13.1 Å². The minimum atomic E-state index is -3.71. The molecule has 1 fully saturated rings. The van der Waals surface area contributed by atoms with Crippen molar-refractivity contribution < 1.29 is 18.0 Å². The zero-order chi connectivity index (χ0) is 20.0. The molecule has 1 heterocycles. The standard InChI is InChI=1S/C18H28N4O4S.ClH/c1-13(2)21-17(23)10-20-27(25,26)9-8-18(24)22-11-15(16(19)12-22)14-6-4-3-5-7-14;/h3-7,13,15-16,20H,8-12,19H2,1-2H3,(H,21,23);1H/t15-,16+;/m0./s1. The quantitative estimate of drug-likeness (QED) is 0.541. The van der Waals surface area contributed by atoms with Gasteiger partial charge in [-0.1, -0.05) is 30.3 Å². The number of hydrogen-bond acceptors (Lipinski definition) is 5. The van der Waals surface area contributed by atoms with Crippen LogP contribution >= 0.6 is 12.4 Å². The molecule has 4 N–H and O–H groups in total. The lowest BCUT2D eigenvalue weighted by Crippen LogP contribution is -2.41. The first-order chi connectivity index (χ1) is 12.7. The molecule has 1 aromatic carbocycles. The van der Waals surface area contributed by atoms with Crippen LogP contribution in [0.1, 0.15) is 31.7 Å². The lowest BCUT2D eigenvalue weighted by molar-refractivity contribution is -0.129. The molecule has 1 saturated heterocycles. The van der Waals surface area contributed by atoms with Gasteiger partial charge >= 0.3 is 0 Å². The average molecular weight is 433 g/mol. The monoisotopic (exact) mass is 432 g/mol. The minimum absolute atomic E-state index is 0. The van der Waals surface area contributed by atoms with Gasteiger partial charge in [0.25, 0.3) is 0 Å². The Kier molecular flexibility index (Phi) is 9.35. The Hall–Kier alpha value is -1.68. The van der Waals surface area contributed by atoms with Crippen molar-refractivity contribution in [2.75, 3.05) is 25.4 Å². The van der Waals surface area contributed by atoms with Crippen LogP contribution in [0, 0.1) is 0 Å². The average Bonchev–Trinajstić information content (AvgIpc) is 3.00. The van der Waals surface area contributed by atoms with Crippen LogP contribution in [-0.4, -0.2) is 62.6 Å². The molecule has 0 aromatic heterocycles. The summed E-state index contributed by atoms with van der Waals surface area (Å²) in [5.74, 6) is -0.968. The Bertz CT molecular complexity index is 758. The van der Waals surface area contributed by atoms with Crippen molar-refractivity contribution in [3.05, 3.63) is 35.9 Å². The molecule has 1 aliphatic heterocycles. The summed E-state index contributed by atoms with van der Waals surface area (Å²) in [7, 11) is -3.71. The molecular weight excluding hydrogens is 404 g/mol. The van der Waals surface area contributed by atoms with Crippen molar-refractivity contribution in [1.29, 1.82) is 0 Å². The van der Waals surface area contributed by atoms with E-state index < -0.39 is 15.9 Å². The smallest absolute Gasteiger partial charge is 0.235 e. The Balaban J connectivity index is 0.00000392. The Morgan fingerprint density at radius 2 is 1.86 bits per heavy atom. The number of benzene rings is 1. The molecular formula is C18H29ClN4O4S. The number of amides is 2. The molecule has 1 aliphatic rings. The van der Waals surface area contributed by atoms with E-state index in [2.05, 4.69) is 10.0 Å². The number of likely N-dealkylation sites (tertiary alicyclic amines) is 1. The number of carbonyl (C=O) groups excluding carboxylic acids is 2. The normalized spacial score (nSPS) is 19.4. The zero-order valence-corrected chi connectivity index (χ0v) is 17.8. The fourth-order valence-corrected chi connectivity index (χ4v) is 4.02. The molecule has 0 unspecified atom stereocenters. The van der Waals surface area contributed by atoms with Crippen LogP contribution in [-0.2, 0) is 19.6 Å².